The smallest absolute Gasteiger partial charge is 0.137 e. The lowest BCUT2D eigenvalue weighted by atomic mass is 9.71. The highest BCUT2D eigenvalue weighted by Gasteiger charge is 2.32. The van der Waals surface area contributed by atoms with Crippen LogP contribution in [0, 0.1) is 0 Å². The molecule has 1 aliphatic rings. The van der Waals surface area contributed by atoms with Crippen molar-refractivity contribution in [2.45, 2.75) is 131 Å². The van der Waals surface area contributed by atoms with Crippen LogP contribution in [0.4, 0.5) is 22.7 Å². The third-order valence-electron chi connectivity index (χ3n) is 13.6. The quantitative estimate of drug-likeness (QED) is 0.167. The van der Waals surface area contributed by atoms with Crippen molar-refractivity contribution in [1.82, 2.24) is 9.55 Å². The number of rotatable bonds is 6. The molecule has 0 bridgehead atoms. The highest BCUT2D eigenvalue weighted by molar-refractivity contribution is 6.11. The van der Waals surface area contributed by atoms with E-state index >= 15 is 0 Å². The first-order valence-electron chi connectivity index (χ1n) is 24.1. The first-order valence-corrected chi connectivity index (χ1v) is 24.1. The predicted octanol–water partition coefficient (Wildman–Crippen LogP) is 17.4. The summed E-state index contributed by atoms with van der Waals surface area (Å²) >= 11 is 0. The van der Waals surface area contributed by atoms with Crippen molar-refractivity contribution < 1.29 is 4.74 Å². The second-order valence-corrected chi connectivity index (χ2v) is 24.0. The fourth-order valence-corrected chi connectivity index (χ4v) is 9.69. The minimum Gasteiger partial charge on any atom is -0.457 e. The minimum absolute atomic E-state index is 0.0194. The third kappa shape index (κ3) is 8.74. The summed E-state index contributed by atoms with van der Waals surface area (Å²) in [6.07, 6.45) is 1.95. The summed E-state index contributed by atoms with van der Waals surface area (Å²) in [6, 6.07) is 49.1. The van der Waals surface area contributed by atoms with E-state index in [1.54, 1.807) is 0 Å². The van der Waals surface area contributed by atoms with Crippen LogP contribution >= 0.6 is 0 Å². The molecule has 0 N–H and O–H groups in total. The predicted molar refractivity (Wildman–Crippen MR) is 286 cm³/mol. The molecule has 344 valence electrons. The van der Waals surface area contributed by atoms with Gasteiger partial charge in [0.05, 0.1) is 22.4 Å². The van der Waals surface area contributed by atoms with Gasteiger partial charge in [0.15, 0.2) is 0 Å². The van der Waals surface area contributed by atoms with Crippen LogP contribution in [0.3, 0.4) is 0 Å². The normalized spacial score (nSPS) is 13.8. The Kier molecular flexibility index (Phi) is 11.1. The second kappa shape index (κ2) is 16.2. The summed E-state index contributed by atoms with van der Waals surface area (Å²) in [5.74, 6) is 2.44. The van der Waals surface area contributed by atoms with Gasteiger partial charge < -0.3 is 14.5 Å². The zero-order valence-electron chi connectivity index (χ0n) is 42.7. The molecule has 5 nitrogen and oxygen atoms in total. The van der Waals surface area contributed by atoms with E-state index in [0.29, 0.717) is 6.67 Å². The number of benzene rings is 6. The molecule has 0 radical (unpaired) electrons. The van der Waals surface area contributed by atoms with Crippen LogP contribution in [-0.2, 0) is 27.1 Å². The average molecular weight is 887 g/mol. The highest BCUT2D eigenvalue weighted by Crippen LogP contribution is 2.48. The number of para-hydroxylation sites is 2. The van der Waals surface area contributed by atoms with E-state index in [0.717, 1.165) is 39.4 Å². The summed E-state index contributed by atoms with van der Waals surface area (Å²) in [7, 11) is 0. The molecule has 67 heavy (non-hydrogen) atoms. The van der Waals surface area contributed by atoms with Gasteiger partial charge in [-0.1, -0.05) is 152 Å². The molecule has 1 aliphatic heterocycles. The second-order valence-electron chi connectivity index (χ2n) is 24.0. The number of nitrogens with zero attached hydrogens (tertiary/aromatic N) is 4. The Bertz CT molecular complexity index is 3130. The Morgan fingerprint density at radius 1 is 0.433 bits per heavy atom. The van der Waals surface area contributed by atoms with Gasteiger partial charge in [0.25, 0.3) is 0 Å². The Balaban J connectivity index is 1.16. The monoisotopic (exact) mass is 887 g/mol. The van der Waals surface area contributed by atoms with Crippen LogP contribution in [0.1, 0.15) is 132 Å². The number of ether oxygens (including phenoxy) is 1. The third-order valence-corrected chi connectivity index (χ3v) is 13.6. The number of anilines is 4. The molecule has 0 saturated heterocycles. The molecular formula is C62H70N4O. The molecule has 0 saturated carbocycles. The lowest BCUT2D eigenvalue weighted by Gasteiger charge is -2.34. The topological polar surface area (TPSA) is 33.5 Å². The number of hydrogen-bond donors (Lipinski definition) is 0. The fourth-order valence-electron chi connectivity index (χ4n) is 9.69. The van der Waals surface area contributed by atoms with Crippen molar-refractivity contribution in [2.75, 3.05) is 16.5 Å². The molecular weight excluding hydrogens is 817 g/mol. The Hall–Kier alpha value is -6.33. The highest BCUT2D eigenvalue weighted by atomic mass is 16.5. The van der Waals surface area contributed by atoms with Crippen LogP contribution in [0.2, 0.25) is 0 Å². The largest absolute Gasteiger partial charge is 0.457 e. The molecule has 0 aliphatic carbocycles. The molecule has 0 atom stereocenters. The number of pyridine rings is 1. The molecule has 6 aromatic carbocycles. The zero-order chi connectivity index (χ0) is 48.0. The Morgan fingerprint density at radius 2 is 1.00 bits per heavy atom. The molecule has 5 heteroatoms. The summed E-state index contributed by atoms with van der Waals surface area (Å²) in [6.45, 7) is 35.4. The van der Waals surface area contributed by atoms with Crippen molar-refractivity contribution in [2.24, 2.45) is 0 Å². The van der Waals surface area contributed by atoms with Gasteiger partial charge in [0, 0.05) is 40.5 Å². The van der Waals surface area contributed by atoms with E-state index in [1.807, 2.05) is 6.20 Å². The van der Waals surface area contributed by atoms with E-state index in [4.69, 9.17) is 9.72 Å². The summed E-state index contributed by atoms with van der Waals surface area (Å²) < 4.78 is 9.20. The van der Waals surface area contributed by atoms with Crippen LogP contribution in [0.25, 0.3) is 38.8 Å². The first-order chi connectivity index (χ1) is 31.4. The standard InChI is InChI=1S/C62H70N4O/c1-58(2,3)41-20-18-21-44(33-41)64-39-65(54-25-17-16-24-53(54)64)45-22-19-23-46(37-45)67-47-27-28-48-49-32-40(57-50(61(10,11)12)34-43(60(7,8)9)35-51(57)62(13,14)15)26-29-52(49)66(55(48)38-47)56-36-42(30-31-63-56)59(4,5)6/h16-38H,39H2,1-15H3. The Labute approximate surface area is 400 Å². The van der Waals surface area contributed by atoms with Crippen molar-refractivity contribution in [3.05, 3.63) is 167 Å². The van der Waals surface area contributed by atoms with Gasteiger partial charge in [0.2, 0.25) is 0 Å². The SMILES string of the molecule is CC(C)(C)c1cccc(N2CN(c3cccc(Oc4ccc5c6cc(-c7c(C(C)(C)C)cc(C(C)(C)C)cc7C(C)(C)C)ccc6n(-c6cc(C(C)(C)C)ccn6)c5c4)c3)c3ccccc32)c1. The first kappa shape index (κ1) is 45.8. The summed E-state index contributed by atoms with van der Waals surface area (Å²) in [5.41, 5.74) is 15.9. The fraction of sp³-hybridized carbons (Fsp3) is 0.339. The Morgan fingerprint density at radius 3 is 1.60 bits per heavy atom. The lowest BCUT2D eigenvalue weighted by molar-refractivity contribution is 0.483. The van der Waals surface area contributed by atoms with Gasteiger partial charge in [-0.15, -0.1) is 0 Å². The van der Waals surface area contributed by atoms with Crippen LogP contribution in [0.15, 0.2) is 140 Å². The van der Waals surface area contributed by atoms with Crippen molar-refractivity contribution in [1.29, 1.82) is 0 Å². The zero-order valence-corrected chi connectivity index (χ0v) is 42.7. The van der Waals surface area contributed by atoms with E-state index in [-0.39, 0.29) is 27.1 Å². The molecule has 0 unspecified atom stereocenters. The molecule has 8 aromatic rings. The van der Waals surface area contributed by atoms with Gasteiger partial charge in [-0.05, 0) is 139 Å². The maximum absolute atomic E-state index is 6.87. The van der Waals surface area contributed by atoms with E-state index < -0.39 is 0 Å². The van der Waals surface area contributed by atoms with Crippen molar-refractivity contribution >= 4 is 44.6 Å². The van der Waals surface area contributed by atoms with Gasteiger partial charge in [0.1, 0.15) is 24.0 Å². The number of hydrogen-bond acceptors (Lipinski definition) is 4. The number of fused-ring (bicyclic) bond motifs is 4. The maximum atomic E-state index is 6.87. The summed E-state index contributed by atoms with van der Waals surface area (Å²) in [5, 5.41) is 2.35. The van der Waals surface area contributed by atoms with E-state index in [1.165, 1.54) is 61.4 Å². The molecule has 0 amide bonds. The minimum atomic E-state index is -0.0734. The molecule has 3 heterocycles. The average Bonchev–Trinajstić information content (AvgIpc) is 3.80. The van der Waals surface area contributed by atoms with Crippen LogP contribution in [0.5, 0.6) is 11.5 Å². The van der Waals surface area contributed by atoms with Gasteiger partial charge in [-0.25, -0.2) is 4.98 Å². The lowest BCUT2D eigenvalue weighted by Crippen LogP contribution is -2.24. The molecule has 2 aromatic heterocycles. The number of aromatic nitrogens is 2. The maximum Gasteiger partial charge on any atom is 0.137 e. The van der Waals surface area contributed by atoms with Crippen LogP contribution < -0.4 is 14.5 Å². The van der Waals surface area contributed by atoms with E-state index in [9.17, 15) is 0 Å². The summed E-state index contributed by atoms with van der Waals surface area (Å²) in [4.78, 5) is 9.84. The van der Waals surface area contributed by atoms with E-state index in [2.05, 4.69) is 252 Å². The molecule has 0 spiro atoms. The van der Waals surface area contributed by atoms with Gasteiger partial charge in [-0.2, -0.15) is 0 Å². The van der Waals surface area contributed by atoms with Crippen molar-refractivity contribution in [3.63, 3.8) is 0 Å². The van der Waals surface area contributed by atoms with Gasteiger partial charge in [-0.3, -0.25) is 4.57 Å². The van der Waals surface area contributed by atoms with Crippen LogP contribution in [-0.4, -0.2) is 16.2 Å². The van der Waals surface area contributed by atoms with Crippen molar-refractivity contribution in [3.8, 4) is 28.4 Å². The van der Waals surface area contributed by atoms with Gasteiger partial charge >= 0.3 is 0 Å². The molecule has 0 fully saturated rings. The molecule has 9 rings (SSSR count).